The van der Waals surface area contributed by atoms with Crippen LogP contribution in [0.3, 0.4) is 0 Å². The molecule has 0 atom stereocenters. The fourth-order valence-corrected chi connectivity index (χ4v) is 2.59. The molecule has 1 aromatic rings. The van der Waals surface area contributed by atoms with Gasteiger partial charge in [-0.05, 0) is 46.2 Å². The van der Waals surface area contributed by atoms with E-state index in [1.807, 2.05) is 26.8 Å². The number of rotatable bonds is 6. The maximum absolute atomic E-state index is 11.5. The van der Waals surface area contributed by atoms with Gasteiger partial charge in [-0.3, -0.25) is 4.90 Å². The maximum atomic E-state index is 11.5. The van der Waals surface area contributed by atoms with Crippen molar-refractivity contribution in [3.63, 3.8) is 0 Å². The summed E-state index contributed by atoms with van der Waals surface area (Å²) in [6.07, 6.45) is 5.26. The van der Waals surface area contributed by atoms with Gasteiger partial charge in [-0.2, -0.15) is 0 Å². The quantitative estimate of drug-likeness (QED) is 0.801. The van der Waals surface area contributed by atoms with Gasteiger partial charge in [0, 0.05) is 45.1 Å². The first-order valence-corrected chi connectivity index (χ1v) is 8.65. The lowest BCUT2D eigenvalue weighted by atomic mass is 10.2. The molecule has 24 heavy (non-hydrogen) atoms. The van der Waals surface area contributed by atoms with Gasteiger partial charge in [0.2, 0.25) is 5.95 Å². The molecule has 1 aromatic heterocycles. The summed E-state index contributed by atoms with van der Waals surface area (Å²) >= 11 is 0. The third-order valence-corrected chi connectivity index (χ3v) is 3.78. The van der Waals surface area contributed by atoms with E-state index in [2.05, 4.69) is 25.1 Å². The van der Waals surface area contributed by atoms with Gasteiger partial charge >= 0.3 is 6.09 Å². The Kier molecular flexibility index (Phi) is 6.78. The average molecular weight is 335 g/mol. The maximum Gasteiger partial charge on any atom is 0.407 e. The van der Waals surface area contributed by atoms with Crippen LogP contribution in [0.2, 0.25) is 0 Å². The van der Waals surface area contributed by atoms with Gasteiger partial charge in [0.25, 0.3) is 0 Å². The van der Waals surface area contributed by atoms with Crippen LogP contribution in [0.25, 0.3) is 0 Å². The van der Waals surface area contributed by atoms with Gasteiger partial charge in [-0.15, -0.1) is 0 Å². The van der Waals surface area contributed by atoms with Crippen molar-refractivity contribution in [3.8, 4) is 0 Å². The molecule has 2 rings (SSSR count). The third kappa shape index (κ3) is 6.70. The Bertz CT molecular complexity index is 495. The van der Waals surface area contributed by atoms with Crippen molar-refractivity contribution >= 4 is 12.0 Å². The Morgan fingerprint density at radius 2 is 1.83 bits per heavy atom. The normalized spacial score (nSPS) is 16.0. The molecule has 0 aromatic carbocycles. The van der Waals surface area contributed by atoms with Crippen LogP contribution in [0.1, 0.15) is 33.6 Å². The Hall–Kier alpha value is -1.89. The lowest BCUT2D eigenvalue weighted by Crippen LogP contribution is -2.47. The number of alkyl carbamates (subject to hydrolysis) is 1. The highest BCUT2D eigenvalue weighted by Gasteiger charge is 2.18. The molecule has 0 radical (unpaired) electrons. The molecule has 7 nitrogen and oxygen atoms in total. The molecule has 0 spiro atoms. The minimum Gasteiger partial charge on any atom is -0.444 e. The molecule has 1 fully saturated rings. The Balaban J connectivity index is 1.54. The number of anilines is 1. The lowest BCUT2D eigenvalue weighted by Gasteiger charge is -2.34. The molecule has 134 valence electrons. The van der Waals surface area contributed by atoms with Crippen molar-refractivity contribution in [1.82, 2.24) is 20.2 Å². The van der Waals surface area contributed by atoms with Crippen LogP contribution in [0, 0.1) is 0 Å². The Labute approximate surface area is 144 Å². The molecule has 0 bridgehead atoms. The zero-order valence-corrected chi connectivity index (χ0v) is 15.0. The molecule has 7 heteroatoms. The fraction of sp³-hybridized carbons (Fsp3) is 0.706. The van der Waals surface area contributed by atoms with E-state index in [9.17, 15) is 4.79 Å². The number of carbonyl (C=O) groups excluding carboxylic acids is 1. The number of unbranched alkanes of at least 4 members (excludes halogenated alkanes) is 1. The van der Waals surface area contributed by atoms with E-state index in [0.717, 1.165) is 51.5 Å². The predicted molar refractivity (Wildman–Crippen MR) is 94.2 cm³/mol. The Morgan fingerprint density at radius 1 is 1.17 bits per heavy atom. The smallest absolute Gasteiger partial charge is 0.407 e. The molecule has 0 unspecified atom stereocenters. The van der Waals surface area contributed by atoms with E-state index >= 15 is 0 Å². The van der Waals surface area contributed by atoms with Crippen molar-refractivity contribution < 1.29 is 9.53 Å². The van der Waals surface area contributed by atoms with Crippen molar-refractivity contribution in [2.45, 2.75) is 39.2 Å². The summed E-state index contributed by atoms with van der Waals surface area (Å²) in [5.41, 5.74) is -0.438. The molecule has 0 saturated carbocycles. The summed E-state index contributed by atoms with van der Waals surface area (Å²) in [4.78, 5) is 24.8. The number of ether oxygens (including phenoxy) is 1. The summed E-state index contributed by atoms with van der Waals surface area (Å²) in [5.74, 6) is 0.818. The first-order valence-electron chi connectivity index (χ1n) is 8.65. The van der Waals surface area contributed by atoms with Crippen molar-refractivity contribution in [1.29, 1.82) is 0 Å². The minimum absolute atomic E-state index is 0.334. The first-order chi connectivity index (χ1) is 11.4. The van der Waals surface area contributed by atoms with Gasteiger partial charge < -0.3 is 15.0 Å². The summed E-state index contributed by atoms with van der Waals surface area (Å²) in [7, 11) is 0. The number of nitrogens with zero attached hydrogens (tertiary/aromatic N) is 4. The lowest BCUT2D eigenvalue weighted by molar-refractivity contribution is 0.0526. The summed E-state index contributed by atoms with van der Waals surface area (Å²) in [6.45, 7) is 11.3. The molecule has 2 heterocycles. The topological polar surface area (TPSA) is 70.6 Å². The molecule has 1 aliphatic rings. The number of carbonyl (C=O) groups is 1. The van der Waals surface area contributed by atoms with E-state index in [-0.39, 0.29) is 6.09 Å². The van der Waals surface area contributed by atoms with Crippen LogP contribution in [0.5, 0.6) is 0 Å². The highest BCUT2D eigenvalue weighted by atomic mass is 16.6. The van der Waals surface area contributed by atoms with Crippen molar-refractivity contribution in [2.75, 3.05) is 44.2 Å². The monoisotopic (exact) mass is 335 g/mol. The van der Waals surface area contributed by atoms with E-state index in [0.29, 0.717) is 6.54 Å². The number of piperazine rings is 1. The van der Waals surface area contributed by atoms with Gasteiger partial charge in [0.05, 0.1) is 0 Å². The number of hydrogen-bond acceptors (Lipinski definition) is 6. The van der Waals surface area contributed by atoms with Crippen LogP contribution in [0.15, 0.2) is 18.5 Å². The number of nitrogens with one attached hydrogen (secondary N) is 1. The summed E-state index contributed by atoms with van der Waals surface area (Å²) in [6, 6.07) is 1.84. The second kappa shape index (κ2) is 8.82. The minimum atomic E-state index is -0.438. The van der Waals surface area contributed by atoms with E-state index in [4.69, 9.17) is 4.74 Å². The van der Waals surface area contributed by atoms with Gasteiger partial charge in [-0.25, -0.2) is 14.8 Å². The zero-order valence-electron chi connectivity index (χ0n) is 15.0. The summed E-state index contributed by atoms with van der Waals surface area (Å²) < 4.78 is 5.21. The molecular formula is C17H29N5O2. The van der Waals surface area contributed by atoms with Crippen LogP contribution in [-0.2, 0) is 4.74 Å². The van der Waals surface area contributed by atoms with Crippen LogP contribution in [0.4, 0.5) is 10.7 Å². The fourth-order valence-electron chi connectivity index (χ4n) is 2.59. The van der Waals surface area contributed by atoms with Gasteiger partial charge in [0.15, 0.2) is 0 Å². The van der Waals surface area contributed by atoms with E-state index < -0.39 is 5.60 Å². The predicted octanol–water partition coefficient (Wildman–Crippen LogP) is 1.90. The standard InChI is InChI=1S/C17H29N5O2/c1-17(2,3)24-16(23)20-7-4-5-10-21-11-13-22(14-12-21)15-18-8-6-9-19-15/h6,8-9H,4-5,7,10-14H2,1-3H3,(H,20,23). The molecule has 1 amide bonds. The molecule has 1 N–H and O–H groups in total. The molecule has 1 saturated heterocycles. The zero-order chi connectivity index (χ0) is 17.4. The highest BCUT2D eigenvalue weighted by molar-refractivity contribution is 5.67. The first kappa shape index (κ1) is 18.4. The number of hydrogen-bond donors (Lipinski definition) is 1. The molecular weight excluding hydrogens is 306 g/mol. The van der Waals surface area contributed by atoms with Crippen LogP contribution >= 0.6 is 0 Å². The molecule has 0 aliphatic carbocycles. The second-order valence-electron chi connectivity index (χ2n) is 7.01. The van der Waals surface area contributed by atoms with Crippen molar-refractivity contribution in [3.05, 3.63) is 18.5 Å². The van der Waals surface area contributed by atoms with E-state index in [1.54, 1.807) is 12.4 Å². The Morgan fingerprint density at radius 3 is 2.46 bits per heavy atom. The van der Waals surface area contributed by atoms with Crippen molar-refractivity contribution in [2.24, 2.45) is 0 Å². The second-order valence-corrected chi connectivity index (χ2v) is 7.01. The number of amides is 1. The van der Waals surface area contributed by atoms with Crippen LogP contribution in [-0.4, -0.2) is 65.8 Å². The van der Waals surface area contributed by atoms with Gasteiger partial charge in [-0.1, -0.05) is 0 Å². The SMILES string of the molecule is CC(C)(C)OC(=O)NCCCCN1CCN(c2ncccn2)CC1. The van der Waals surface area contributed by atoms with Gasteiger partial charge in [0.1, 0.15) is 5.60 Å². The van der Waals surface area contributed by atoms with E-state index in [1.165, 1.54) is 0 Å². The third-order valence-electron chi connectivity index (χ3n) is 3.78. The average Bonchev–Trinajstić information content (AvgIpc) is 2.54. The van der Waals surface area contributed by atoms with Crippen LogP contribution < -0.4 is 10.2 Å². The number of aromatic nitrogens is 2. The summed E-state index contributed by atoms with van der Waals surface area (Å²) in [5, 5.41) is 2.80. The largest absolute Gasteiger partial charge is 0.444 e. The molecule has 1 aliphatic heterocycles. The highest BCUT2D eigenvalue weighted by Crippen LogP contribution is 2.10.